The first-order valence-electron chi connectivity index (χ1n) is 10.3. The van der Waals surface area contributed by atoms with Crippen LogP contribution in [-0.4, -0.2) is 43.2 Å². The average molecular weight is 415 g/mol. The van der Waals surface area contributed by atoms with Gasteiger partial charge in [0.25, 0.3) is 0 Å². The maximum absolute atomic E-state index is 12.5. The molecule has 154 valence electrons. The van der Waals surface area contributed by atoms with E-state index in [1.165, 1.54) is 0 Å². The summed E-state index contributed by atoms with van der Waals surface area (Å²) in [7, 11) is 0. The molecule has 0 radical (unpaired) electrons. The quantitative estimate of drug-likeness (QED) is 0.667. The van der Waals surface area contributed by atoms with Gasteiger partial charge in [0.15, 0.2) is 0 Å². The molecule has 2 saturated heterocycles. The van der Waals surface area contributed by atoms with Crippen molar-refractivity contribution >= 4 is 29.0 Å². The predicted octanol–water partition coefficient (Wildman–Crippen LogP) is 3.93. The van der Waals surface area contributed by atoms with Crippen molar-refractivity contribution in [3.05, 3.63) is 41.6 Å². The Balaban J connectivity index is 1.46. The molecule has 1 unspecified atom stereocenters. The number of carbonyl (C=O) groups is 1. The zero-order valence-corrected chi connectivity index (χ0v) is 17.2. The second-order valence-electron chi connectivity index (χ2n) is 7.68. The number of halogens is 1. The maximum Gasteiger partial charge on any atom is 0.229 e. The molecule has 0 saturated carbocycles. The SMILES string of the molecule is O=C(Nc1cc(-c2cccc(NCC3CCCO3)c2)c(Cl)cn1)[C@@H]1CCCNC1. The number of rotatable bonds is 6. The number of hydrogen-bond acceptors (Lipinski definition) is 5. The Morgan fingerprint density at radius 3 is 3.00 bits per heavy atom. The molecular formula is C22H27ClN4O2. The predicted molar refractivity (Wildman–Crippen MR) is 116 cm³/mol. The summed E-state index contributed by atoms with van der Waals surface area (Å²) < 4.78 is 5.67. The largest absolute Gasteiger partial charge is 0.382 e. The molecule has 29 heavy (non-hydrogen) atoms. The second kappa shape index (κ2) is 9.57. The van der Waals surface area contributed by atoms with Gasteiger partial charge in [-0.15, -0.1) is 0 Å². The smallest absolute Gasteiger partial charge is 0.229 e. The third-order valence-electron chi connectivity index (χ3n) is 5.51. The molecule has 6 nitrogen and oxygen atoms in total. The van der Waals surface area contributed by atoms with Crippen molar-refractivity contribution in [2.75, 3.05) is 36.9 Å². The van der Waals surface area contributed by atoms with Gasteiger partial charge >= 0.3 is 0 Å². The first-order chi connectivity index (χ1) is 14.2. The lowest BCUT2D eigenvalue weighted by Gasteiger charge is -2.21. The van der Waals surface area contributed by atoms with Crippen molar-refractivity contribution in [1.29, 1.82) is 0 Å². The van der Waals surface area contributed by atoms with Crippen LogP contribution in [0, 0.1) is 5.92 Å². The third-order valence-corrected chi connectivity index (χ3v) is 5.81. The van der Waals surface area contributed by atoms with E-state index >= 15 is 0 Å². The van der Waals surface area contributed by atoms with Gasteiger partial charge in [0, 0.05) is 37.1 Å². The van der Waals surface area contributed by atoms with E-state index in [0.717, 1.165) is 62.2 Å². The van der Waals surface area contributed by atoms with Gasteiger partial charge in [-0.05, 0) is 56.0 Å². The zero-order valence-electron chi connectivity index (χ0n) is 16.4. The monoisotopic (exact) mass is 414 g/mol. The first kappa shape index (κ1) is 20.1. The van der Waals surface area contributed by atoms with E-state index in [1.807, 2.05) is 24.3 Å². The molecule has 2 aliphatic rings. The Morgan fingerprint density at radius 1 is 1.28 bits per heavy atom. The van der Waals surface area contributed by atoms with Crippen LogP contribution in [0.25, 0.3) is 11.1 Å². The highest BCUT2D eigenvalue weighted by Gasteiger charge is 2.21. The highest BCUT2D eigenvalue weighted by Crippen LogP contribution is 2.31. The number of anilines is 2. The molecule has 0 bridgehead atoms. The number of benzene rings is 1. The maximum atomic E-state index is 12.5. The minimum Gasteiger partial charge on any atom is -0.382 e. The van der Waals surface area contributed by atoms with Gasteiger partial charge in [0.1, 0.15) is 5.82 Å². The summed E-state index contributed by atoms with van der Waals surface area (Å²) in [6, 6.07) is 9.94. The van der Waals surface area contributed by atoms with E-state index < -0.39 is 0 Å². The number of carbonyl (C=O) groups excluding carboxylic acids is 1. The van der Waals surface area contributed by atoms with Crippen LogP contribution >= 0.6 is 11.6 Å². The summed E-state index contributed by atoms with van der Waals surface area (Å²) in [5, 5.41) is 10.2. The summed E-state index contributed by atoms with van der Waals surface area (Å²) in [6.45, 7) is 3.34. The number of ether oxygens (including phenoxy) is 1. The van der Waals surface area contributed by atoms with Gasteiger partial charge in [0.05, 0.1) is 17.0 Å². The Bertz CT molecular complexity index is 848. The summed E-state index contributed by atoms with van der Waals surface area (Å²) in [4.78, 5) is 16.8. The third kappa shape index (κ3) is 5.26. The number of amides is 1. The number of aromatic nitrogens is 1. The molecule has 0 aliphatic carbocycles. The van der Waals surface area contributed by atoms with Gasteiger partial charge in [-0.2, -0.15) is 0 Å². The number of hydrogen-bond donors (Lipinski definition) is 3. The van der Waals surface area contributed by atoms with Crippen molar-refractivity contribution in [1.82, 2.24) is 10.3 Å². The van der Waals surface area contributed by atoms with E-state index in [2.05, 4.69) is 27.0 Å². The molecule has 1 aromatic carbocycles. The van der Waals surface area contributed by atoms with Crippen LogP contribution in [0.5, 0.6) is 0 Å². The highest BCUT2D eigenvalue weighted by molar-refractivity contribution is 6.33. The fourth-order valence-corrected chi connectivity index (χ4v) is 4.08. The Kier molecular flexibility index (Phi) is 6.64. The molecule has 2 fully saturated rings. The van der Waals surface area contributed by atoms with Crippen molar-refractivity contribution in [3.63, 3.8) is 0 Å². The molecule has 0 spiro atoms. The molecule has 2 aliphatic heterocycles. The Morgan fingerprint density at radius 2 is 2.21 bits per heavy atom. The fourth-order valence-electron chi connectivity index (χ4n) is 3.87. The first-order valence-corrected chi connectivity index (χ1v) is 10.7. The van der Waals surface area contributed by atoms with Gasteiger partial charge in [0.2, 0.25) is 5.91 Å². The molecule has 3 heterocycles. The molecule has 4 rings (SSSR count). The average Bonchev–Trinajstić information content (AvgIpc) is 3.28. The summed E-state index contributed by atoms with van der Waals surface area (Å²) in [5.41, 5.74) is 2.84. The molecule has 3 N–H and O–H groups in total. The van der Waals surface area contributed by atoms with Crippen molar-refractivity contribution < 1.29 is 9.53 Å². The number of piperidine rings is 1. The molecule has 2 atom stereocenters. The lowest BCUT2D eigenvalue weighted by Crippen LogP contribution is -2.37. The number of nitrogens with zero attached hydrogens (tertiary/aromatic N) is 1. The van der Waals surface area contributed by atoms with Gasteiger partial charge in [-0.25, -0.2) is 4.98 Å². The normalized spacial score (nSPS) is 21.7. The van der Waals surface area contributed by atoms with Crippen LogP contribution in [0.2, 0.25) is 5.02 Å². The van der Waals surface area contributed by atoms with Crippen LogP contribution in [0.3, 0.4) is 0 Å². The van der Waals surface area contributed by atoms with Gasteiger partial charge in [-0.3, -0.25) is 4.79 Å². The summed E-state index contributed by atoms with van der Waals surface area (Å²) >= 11 is 6.42. The van der Waals surface area contributed by atoms with Crippen molar-refractivity contribution in [2.45, 2.75) is 31.8 Å². The molecule has 1 amide bonds. The van der Waals surface area contributed by atoms with Gasteiger partial charge < -0.3 is 20.7 Å². The zero-order chi connectivity index (χ0) is 20.1. The lowest BCUT2D eigenvalue weighted by molar-refractivity contribution is -0.120. The van der Waals surface area contributed by atoms with E-state index in [-0.39, 0.29) is 17.9 Å². The van der Waals surface area contributed by atoms with Crippen molar-refractivity contribution in [2.24, 2.45) is 5.92 Å². The van der Waals surface area contributed by atoms with E-state index in [4.69, 9.17) is 16.3 Å². The van der Waals surface area contributed by atoms with Crippen molar-refractivity contribution in [3.8, 4) is 11.1 Å². The molecule has 7 heteroatoms. The summed E-state index contributed by atoms with van der Waals surface area (Å²) in [6.07, 6.45) is 6.02. The van der Waals surface area contributed by atoms with E-state index in [1.54, 1.807) is 6.20 Å². The number of pyridine rings is 1. The van der Waals surface area contributed by atoms with Crippen LogP contribution in [0.15, 0.2) is 36.5 Å². The molecular weight excluding hydrogens is 388 g/mol. The minimum atomic E-state index is -0.0185. The van der Waals surface area contributed by atoms with Crippen LogP contribution < -0.4 is 16.0 Å². The lowest BCUT2D eigenvalue weighted by atomic mass is 9.99. The fraction of sp³-hybridized carbons (Fsp3) is 0.455. The minimum absolute atomic E-state index is 0.00459. The van der Waals surface area contributed by atoms with E-state index in [0.29, 0.717) is 17.4 Å². The number of nitrogens with one attached hydrogen (secondary N) is 3. The van der Waals surface area contributed by atoms with Crippen LogP contribution in [0.4, 0.5) is 11.5 Å². The van der Waals surface area contributed by atoms with Gasteiger partial charge in [-0.1, -0.05) is 23.7 Å². The topological polar surface area (TPSA) is 75.3 Å². The highest BCUT2D eigenvalue weighted by atomic mass is 35.5. The van der Waals surface area contributed by atoms with Crippen LogP contribution in [-0.2, 0) is 9.53 Å². The molecule has 2 aromatic rings. The summed E-state index contributed by atoms with van der Waals surface area (Å²) in [5.74, 6) is 0.512. The standard InChI is InChI=1S/C22H27ClN4O2/c23-20-14-26-21(27-22(28)16-5-2-8-24-12-16)11-19(20)15-4-1-6-17(10-15)25-13-18-7-3-9-29-18/h1,4,6,10-11,14,16,18,24-25H,2-3,5,7-9,12-13H2,(H,26,27,28)/t16-,18?/m1/s1. The Labute approximate surface area is 176 Å². The van der Waals surface area contributed by atoms with E-state index in [9.17, 15) is 4.79 Å². The second-order valence-corrected chi connectivity index (χ2v) is 8.09. The molecule has 1 aromatic heterocycles. The Hall–Kier alpha value is -2.15. The van der Waals surface area contributed by atoms with Crippen LogP contribution in [0.1, 0.15) is 25.7 Å².